The van der Waals surface area contributed by atoms with Crippen LogP contribution in [-0.2, 0) is 6.54 Å². The molecule has 0 unspecified atom stereocenters. The van der Waals surface area contributed by atoms with Crippen LogP contribution in [0.4, 0.5) is 5.82 Å². The number of hydrogen-bond acceptors (Lipinski definition) is 3. The van der Waals surface area contributed by atoms with E-state index in [2.05, 4.69) is 41.5 Å². The zero-order valence-corrected chi connectivity index (χ0v) is 12.8. The summed E-state index contributed by atoms with van der Waals surface area (Å²) in [5.41, 5.74) is 2.99. The van der Waals surface area contributed by atoms with Gasteiger partial charge in [0.05, 0.1) is 0 Å². The smallest absolute Gasteiger partial charge is 0.254 e. The molecule has 1 heterocycles. The van der Waals surface area contributed by atoms with Crippen LogP contribution in [0.25, 0.3) is 0 Å². The van der Waals surface area contributed by atoms with Gasteiger partial charge in [-0.1, -0.05) is 29.8 Å². The number of amides is 1. The molecular formula is C17H21N3O. The molecule has 0 radical (unpaired) electrons. The van der Waals surface area contributed by atoms with Gasteiger partial charge in [0, 0.05) is 31.9 Å². The van der Waals surface area contributed by atoms with E-state index in [9.17, 15) is 4.79 Å². The number of rotatable bonds is 5. The summed E-state index contributed by atoms with van der Waals surface area (Å²) in [4.78, 5) is 18.3. The molecule has 0 fully saturated rings. The third-order valence-electron chi connectivity index (χ3n) is 3.25. The fraction of sp³-hybridized carbons (Fsp3) is 0.294. The fourth-order valence-electron chi connectivity index (χ4n) is 2.10. The Morgan fingerprint density at radius 1 is 1.24 bits per heavy atom. The normalized spacial score (nSPS) is 10.2. The maximum Gasteiger partial charge on any atom is 0.254 e. The highest BCUT2D eigenvalue weighted by Gasteiger charge is 2.12. The Hall–Kier alpha value is -2.36. The first-order chi connectivity index (χ1) is 10.1. The van der Waals surface area contributed by atoms with Crippen molar-refractivity contribution in [3.8, 4) is 0 Å². The molecule has 4 heteroatoms. The molecule has 0 aliphatic heterocycles. The summed E-state index contributed by atoms with van der Waals surface area (Å²) in [6.45, 7) is 5.43. The van der Waals surface area contributed by atoms with Gasteiger partial charge in [-0.2, -0.15) is 0 Å². The van der Waals surface area contributed by atoms with E-state index in [-0.39, 0.29) is 5.91 Å². The summed E-state index contributed by atoms with van der Waals surface area (Å²) in [5, 5.41) is 3.12. The van der Waals surface area contributed by atoms with E-state index < -0.39 is 0 Å². The average molecular weight is 283 g/mol. The average Bonchev–Trinajstić information content (AvgIpc) is 2.49. The Labute approximate surface area is 125 Å². The van der Waals surface area contributed by atoms with Crippen LogP contribution >= 0.6 is 0 Å². The van der Waals surface area contributed by atoms with Gasteiger partial charge >= 0.3 is 0 Å². The molecule has 1 aromatic heterocycles. The van der Waals surface area contributed by atoms with Crippen molar-refractivity contribution >= 4 is 11.7 Å². The minimum Gasteiger partial charge on any atom is -0.370 e. The van der Waals surface area contributed by atoms with Crippen LogP contribution in [0.15, 0.2) is 42.6 Å². The summed E-state index contributed by atoms with van der Waals surface area (Å²) >= 11 is 0. The van der Waals surface area contributed by atoms with Crippen molar-refractivity contribution in [1.82, 2.24) is 9.88 Å². The second-order valence-electron chi connectivity index (χ2n) is 5.11. The van der Waals surface area contributed by atoms with E-state index in [4.69, 9.17) is 0 Å². The lowest BCUT2D eigenvalue weighted by molar-refractivity contribution is 0.0785. The van der Waals surface area contributed by atoms with E-state index >= 15 is 0 Å². The van der Waals surface area contributed by atoms with Gasteiger partial charge in [-0.3, -0.25) is 4.79 Å². The molecule has 0 aliphatic carbocycles. The van der Waals surface area contributed by atoms with Gasteiger partial charge in [0.1, 0.15) is 5.82 Å². The topological polar surface area (TPSA) is 45.2 Å². The number of aryl methyl sites for hydroxylation is 1. The van der Waals surface area contributed by atoms with Crippen LogP contribution in [0.3, 0.4) is 0 Å². The molecule has 0 saturated carbocycles. The lowest BCUT2D eigenvalue weighted by Gasteiger charge is -2.18. The maximum atomic E-state index is 12.4. The number of nitrogens with zero attached hydrogens (tertiary/aromatic N) is 2. The van der Waals surface area contributed by atoms with Crippen molar-refractivity contribution in [3.63, 3.8) is 0 Å². The third-order valence-corrected chi connectivity index (χ3v) is 3.25. The van der Waals surface area contributed by atoms with E-state index in [1.165, 1.54) is 5.56 Å². The van der Waals surface area contributed by atoms with E-state index in [1.807, 2.05) is 14.0 Å². The Balaban J connectivity index is 2.08. The van der Waals surface area contributed by atoms with Gasteiger partial charge in [-0.05, 0) is 31.5 Å². The molecule has 1 aromatic carbocycles. The third kappa shape index (κ3) is 4.05. The van der Waals surface area contributed by atoms with Gasteiger partial charge in [-0.15, -0.1) is 0 Å². The van der Waals surface area contributed by atoms with Crippen LogP contribution in [0, 0.1) is 6.92 Å². The number of hydrogen-bond donors (Lipinski definition) is 1. The van der Waals surface area contributed by atoms with Crippen molar-refractivity contribution in [2.24, 2.45) is 0 Å². The largest absolute Gasteiger partial charge is 0.370 e. The number of benzene rings is 1. The van der Waals surface area contributed by atoms with Crippen molar-refractivity contribution in [2.45, 2.75) is 20.4 Å². The SMILES string of the molecule is CCNc1cc(C(=O)N(C)Cc2ccc(C)cc2)ccn1. The second kappa shape index (κ2) is 6.88. The van der Waals surface area contributed by atoms with Gasteiger partial charge < -0.3 is 10.2 Å². The summed E-state index contributed by atoms with van der Waals surface area (Å²) in [5.74, 6) is 0.726. The monoisotopic (exact) mass is 283 g/mol. The lowest BCUT2D eigenvalue weighted by Crippen LogP contribution is -2.26. The number of nitrogens with one attached hydrogen (secondary N) is 1. The van der Waals surface area contributed by atoms with Crippen molar-refractivity contribution in [2.75, 3.05) is 18.9 Å². The van der Waals surface area contributed by atoms with E-state index in [0.29, 0.717) is 12.1 Å². The fourth-order valence-corrected chi connectivity index (χ4v) is 2.10. The van der Waals surface area contributed by atoms with Crippen molar-refractivity contribution < 1.29 is 4.79 Å². The molecule has 4 nitrogen and oxygen atoms in total. The highest BCUT2D eigenvalue weighted by molar-refractivity contribution is 5.94. The second-order valence-corrected chi connectivity index (χ2v) is 5.11. The van der Waals surface area contributed by atoms with E-state index in [1.54, 1.807) is 23.2 Å². The number of anilines is 1. The number of aromatic nitrogens is 1. The molecule has 1 N–H and O–H groups in total. The summed E-state index contributed by atoms with van der Waals surface area (Å²) in [6.07, 6.45) is 1.66. The van der Waals surface area contributed by atoms with Crippen molar-refractivity contribution in [1.29, 1.82) is 0 Å². The predicted molar refractivity (Wildman–Crippen MR) is 85.4 cm³/mol. The molecule has 1 amide bonds. The number of carbonyl (C=O) groups excluding carboxylic acids is 1. The highest BCUT2D eigenvalue weighted by atomic mass is 16.2. The Morgan fingerprint density at radius 3 is 2.62 bits per heavy atom. The zero-order valence-electron chi connectivity index (χ0n) is 12.8. The van der Waals surface area contributed by atoms with E-state index in [0.717, 1.165) is 17.9 Å². The first-order valence-corrected chi connectivity index (χ1v) is 7.11. The highest BCUT2D eigenvalue weighted by Crippen LogP contribution is 2.12. The summed E-state index contributed by atoms with van der Waals surface area (Å²) in [7, 11) is 1.82. The van der Waals surface area contributed by atoms with Gasteiger partial charge in [0.25, 0.3) is 5.91 Å². The minimum absolute atomic E-state index is 0.00266. The number of pyridine rings is 1. The molecule has 110 valence electrons. The lowest BCUT2D eigenvalue weighted by atomic mass is 10.1. The predicted octanol–water partition coefficient (Wildman–Crippen LogP) is 3.09. The first kappa shape index (κ1) is 15.0. The molecule has 21 heavy (non-hydrogen) atoms. The number of carbonyl (C=O) groups is 1. The Morgan fingerprint density at radius 2 is 1.95 bits per heavy atom. The molecular weight excluding hydrogens is 262 g/mol. The van der Waals surface area contributed by atoms with Gasteiger partial charge in [-0.25, -0.2) is 4.98 Å². The molecule has 0 atom stereocenters. The Bertz CT molecular complexity index is 608. The quantitative estimate of drug-likeness (QED) is 0.917. The first-order valence-electron chi connectivity index (χ1n) is 7.11. The van der Waals surface area contributed by atoms with Gasteiger partial charge in [0.15, 0.2) is 0 Å². The molecule has 0 bridgehead atoms. The van der Waals surface area contributed by atoms with Crippen LogP contribution in [0.2, 0.25) is 0 Å². The summed E-state index contributed by atoms with van der Waals surface area (Å²) < 4.78 is 0. The molecule has 2 rings (SSSR count). The van der Waals surface area contributed by atoms with Crippen LogP contribution in [0.1, 0.15) is 28.4 Å². The van der Waals surface area contributed by atoms with Crippen LogP contribution in [0.5, 0.6) is 0 Å². The molecule has 0 saturated heterocycles. The van der Waals surface area contributed by atoms with Crippen LogP contribution in [-0.4, -0.2) is 29.4 Å². The van der Waals surface area contributed by atoms with Crippen molar-refractivity contribution in [3.05, 3.63) is 59.3 Å². The summed E-state index contributed by atoms with van der Waals surface area (Å²) in [6, 6.07) is 11.8. The van der Waals surface area contributed by atoms with Gasteiger partial charge in [0.2, 0.25) is 0 Å². The Kier molecular flexibility index (Phi) is 4.93. The standard InChI is InChI=1S/C17H21N3O/c1-4-18-16-11-15(9-10-19-16)17(21)20(3)12-14-7-5-13(2)6-8-14/h5-11H,4,12H2,1-3H3,(H,18,19). The molecule has 0 aliphatic rings. The van der Waals surface area contributed by atoms with Crippen LogP contribution < -0.4 is 5.32 Å². The molecule has 2 aromatic rings. The maximum absolute atomic E-state index is 12.4. The zero-order chi connectivity index (χ0) is 15.2. The molecule has 0 spiro atoms. The minimum atomic E-state index is -0.00266.